The van der Waals surface area contributed by atoms with Crippen molar-refractivity contribution in [1.82, 2.24) is 4.98 Å². The van der Waals surface area contributed by atoms with Crippen LogP contribution in [0.4, 0.5) is 5.13 Å². The number of hydrogen-bond donors (Lipinski definition) is 0. The third-order valence-corrected chi connectivity index (χ3v) is 2.91. The number of ether oxygens (including phenoxy) is 1. The first-order chi connectivity index (χ1) is 6.27. The smallest absolute Gasteiger partial charge is 0.186 e. The van der Waals surface area contributed by atoms with Gasteiger partial charge in [0.15, 0.2) is 5.13 Å². The highest BCUT2D eigenvalue weighted by Gasteiger charge is 2.07. The number of rotatable bonds is 5. The summed E-state index contributed by atoms with van der Waals surface area (Å²) in [6.45, 7) is 4.58. The first-order valence-corrected chi connectivity index (χ1v) is 5.38. The standard InChI is InChI=1S/C8H13ClN2OS/c1-3-11(4-5-12-2)8-10-7(9)6-13-8/h6H,3-5H2,1-2H3. The van der Waals surface area contributed by atoms with E-state index < -0.39 is 0 Å². The Labute approximate surface area is 87.3 Å². The van der Waals surface area contributed by atoms with Gasteiger partial charge in [0, 0.05) is 25.6 Å². The lowest BCUT2D eigenvalue weighted by atomic mass is 10.5. The van der Waals surface area contributed by atoms with Gasteiger partial charge in [0.2, 0.25) is 0 Å². The normalized spacial score (nSPS) is 10.4. The fourth-order valence-electron chi connectivity index (χ4n) is 0.981. The molecule has 0 amide bonds. The van der Waals surface area contributed by atoms with Crippen molar-refractivity contribution in [3.05, 3.63) is 10.5 Å². The number of nitrogens with zero attached hydrogens (tertiary/aromatic N) is 2. The van der Waals surface area contributed by atoms with Gasteiger partial charge in [-0.15, -0.1) is 11.3 Å². The highest BCUT2D eigenvalue weighted by Crippen LogP contribution is 2.22. The maximum absolute atomic E-state index is 5.74. The van der Waals surface area contributed by atoms with E-state index in [4.69, 9.17) is 16.3 Å². The Hall–Kier alpha value is -0.320. The molecule has 1 rings (SSSR count). The zero-order valence-corrected chi connectivity index (χ0v) is 9.36. The lowest BCUT2D eigenvalue weighted by Crippen LogP contribution is -2.26. The van der Waals surface area contributed by atoms with Gasteiger partial charge in [0.05, 0.1) is 6.61 Å². The van der Waals surface area contributed by atoms with Crippen molar-refractivity contribution in [3.63, 3.8) is 0 Å². The number of thiazole rings is 1. The average Bonchev–Trinajstić information content (AvgIpc) is 2.54. The number of hydrogen-bond acceptors (Lipinski definition) is 4. The fraction of sp³-hybridized carbons (Fsp3) is 0.625. The van der Waals surface area contributed by atoms with E-state index in [-0.39, 0.29) is 0 Å². The lowest BCUT2D eigenvalue weighted by molar-refractivity contribution is 0.205. The minimum atomic E-state index is 0.566. The summed E-state index contributed by atoms with van der Waals surface area (Å²) in [5.41, 5.74) is 0. The number of aromatic nitrogens is 1. The predicted octanol–water partition coefficient (Wildman–Crippen LogP) is 2.27. The maximum atomic E-state index is 5.74. The first-order valence-electron chi connectivity index (χ1n) is 4.12. The van der Waals surface area contributed by atoms with Crippen LogP contribution < -0.4 is 4.90 Å². The van der Waals surface area contributed by atoms with E-state index in [9.17, 15) is 0 Å². The molecule has 0 N–H and O–H groups in total. The van der Waals surface area contributed by atoms with Crippen molar-refractivity contribution in [1.29, 1.82) is 0 Å². The Kier molecular flexibility index (Phi) is 4.48. The molecule has 0 aliphatic rings. The van der Waals surface area contributed by atoms with Crippen LogP contribution in [0.2, 0.25) is 5.15 Å². The Morgan fingerprint density at radius 2 is 2.46 bits per heavy atom. The SMILES string of the molecule is CCN(CCOC)c1nc(Cl)cs1. The molecular weight excluding hydrogens is 208 g/mol. The molecule has 0 saturated carbocycles. The van der Waals surface area contributed by atoms with Gasteiger partial charge in [-0.3, -0.25) is 0 Å². The van der Waals surface area contributed by atoms with Gasteiger partial charge in [-0.05, 0) is 6.92 Å². The second-order valence-electron chi connectivity index (χ2n) is 2.53. The molecule has 0 bridgehead atoms. The zero-order valence-electron chi connectivity index (χ0n) is 7.79. The molecule has 0 unspecified atom stereocenters. The molecule has 0 atom stereocenters. The summed E-state index contributed by atoms with van der Waals surface area (Å²) in [6, 6.07) is 0. The summed E-state index contributed by atoms with van der Waals surface area (Å²) >= 11 is 7.30. The summed E-state index contributed by atoms with van der Waals surface area (Å²) in [4.78, 5) is 6.33. The Morgan fingerprint density at radius 1 is 1.69 bits per heavy atom. The van der Waals surface area contributed by atoms with E-state index in [0.717, 1.165) is 18.2 Å². The molecule has 13 heavy (non-hydrogen) atoms. The number of methoxy groups -OCH3 is 1. The molecule has 1 aromatic rings. The van der Waals surface area contributed by atoms with Crippen LogP contribution in [0.15, 0.2) is 5.38 Å². The van der Waals surface area contributed by atoms with Crippen LogP contribution >= 0.6 is 22.9 Å². The number of halogens is 1. The molecule has 0 radical (unpaired) electrons. The van der Waals surface area contributed by atoms with Crippen molar-refractivity contribution >= 4 is 28.1 Å². The molecule has 1 aromatic heterocycles. The fourth-order valence-corrected chi connectivity index (χ4v) is 2.02. The first kappa shape index (κ1) is 10.8. The summed E-state index contributed by atoms with van der Waals surface area (Å²) in [5, 5.41) is 3.37. The van der Waals surface area contributed by atoms with Crippen LogP contribution in [0.25, 0.3) is 0 Å². The van der Waals surface area contributed by atoms with E-state index in [1.165, 1.54) is 0 Å². The monoisotopic (exact) mass is 220 g/mol. The Balaban J connectivity index is 2.56. The van der Waals surface area contributed by atoms with E-state index in [2.05, 4.69) is 16.8 Å². The number of likely N-dealkylation sites (N-methyl/N-ethyl adjacent to an activating group) is 1. The van der Waals surface area contributed by atoms with Gasteiger partial charge < -0.3 is 9.64 Å². The van der Waals surface area contributed by atoms with Crippen LogP contribution in [0, 0.1) is 0 Å². The molecule has 0 aliphatic heterocycles. The van der Waals surface area contributed by atoms with Crippen LogP contribution in [-0.4, -0.2) is 31.8 Å². The van der Waals surface area contributed by atoms with Crippen molar-refractivity contribution in [3.8, 4) is 0 Å². The molecule has 0 spiro atoms. The van der Waals surface area contributed by atoms with Gasteiger partial charge >= 0.3 is 0 Å². The number of anilines is 1. The third kappa shape index (κ3) is 3.14. The van der Waals surface area contributed by atoms with E-state index >= 15 is 0 Å². The van der Waals surface area contributed by atoms with Crippen LogP contribution in [0.1, 0.15) is 6.92 Å². The minimum Gasteiger partial charge on any atom is -0.383 e. The van der Waals surface area contributed by atoms with E-state index in [0.29, 0.717) is 11.8 Å². The summed E-state index contributed by atoms with van der Waals surface area (Å²) in [6.07, 6.45) is 0. The molecule has 5 heteroatoms. The molecule has 74 valence electrons. The topological polar surface area (TPSA) is 25.4 Å². The van der Waals surface area contributed by atoms with Crippen LogP contribution in [0.5, 0.6) is 0 Å². The van der Waals surface area contributed by atoms with Gasteiger partial charge in [-0.25, -0.2) is 4.98 Å². The highest BCUT2D eigenvalue weighted by atomic mass is 35.5. The summed E-state index contributed by atoms with van der Waals surface area (Å²) < 4.78 is 5.00. The second kappa shape index (κ2) is 5.42. The third-order valence-electron chi connectivity index (χ3n) is 1.68. The quantitative estimate of drug-likeness (QED) is 0.761. The summed E-state index contributed by atoms with van der Waals surface area (Å²) in [7, 11) is 1.70. The predicted molar refractivity (Wildman–Crippen MR) is 56.9 cm³/mol. The van der Waals surface area contributed by atoms with Gasteiger partial charge in [-0.2, -0.15) is 0 Å². The molecule has 0 aliphatic carbocycles. The average molecular weight is 221 g/mol. The molecule has 0 saturated heterocycles. The van der Waals surface area contributed by atoms with Gasteiger partial charge in [0.25, 0.3) is 0 Å². The van der Waals surface area contributed by atoms with Crippen LogP contribution in [-0.2, 0) is 4.74 Å². The van der Waals surface area contributed by atoms with Gasteiger partial charge in [0.1, 0.15) is 5.15 Å². The molecule has 3 nitrogen and oxygen atoms in total. The van der Waals surface area contributed by atoms with Crippen LogP contribution in [0.3, 0.4) is 0 Å². The molecular formula is C8H13ClN2OS. The van der Waals surface area contributed by atoms with Crippen molar-refractivity contribution in [2.24, 2.45) is 0 Å². The Bertz CT molecular complexity index is 254. The van der Waals surface area contributed by atoms with E-state index in [1.807, 2.05) is 5.38 Å². The van der Waals surface area contributed by atoms with Crippen molar-refractivity contribution < 1.29 is 4.74 Å². The van der Waals surface area contributed by atoms with Crippen molar-refractivity contribution in [2.45, 2.75) is 6.92 Å². The van der Waals surface area contributed by atoms with Crippen molar-refractivity contribution in [2.75, 3.05) is 31.7 Å². The maximum Gasteiger partial charge on any atom is 0.186 e. The summed E-state index contributed by atoms with van der Waals surface area (Å²) in [5.74, 6) is 0. The highest BCUT2D eigenvalue weighted by molar-refractivity contribution is 7.14. The largest absolute Gasteiger partial charge is 0.383 e. The zero-order chi connectivity index (χ0) is 9.68. The lowest BCUT2D eigenvalue weighted by Gasteiger charge is -2.18. The van der Waals surface area contributed by atoms with E-state index in [1.54, 1.807) is 18.4 Å². The molecule has 1 heterocycles. The molecule has 0 fully saturated rings. The van der Waals surface area contributed by atoms with Gasteiger partial charge in [-0.1, -0.05) is 11.6 Å². The molecule has 0 aromatic carbocycles. The Morgan fingerprint density at radius 3 is 2.92 bits per heavy atom. The second-order valence-corrected chi connectivity index (χ2v) is 3.75. The minimum absolute atomic E-state index is 0.566.